The maximum absolute atomic E-state index is 11.9. The van der Waals surface area contributed by atoms with Crippen molar-refractivity contribution < 1.29 is 9.90 Å². The van der Waals surface area contributed by atoms with Crippen LogP contribution in [-0.4, -0.2) is 59.6 Å². The molecule has 0 spiro atoms. The Labute approximate surface area is 104 Å². The average Bonchev–Trinajstić information content (AvgIpc) is 2.71. The zero-order valence-electron chi connectivity index (χ0n) is 10.8. The summed E-state index contributed by atoms with van der Waals surface area (Å²) in [5.41, 5.74) is 0. The van der Waals surface area contributed by atoms with Gasteiger partial charge in [-0.25, -0.2) is 0 Å². The lowest BCUT2D eigenvalue weighted by Gasteiger charge is -2.37. The number of amides is 1. The second-order valence-corrected chi connectivity index (χ2v) is 5.40. The van der Waals surface area contributed by atoms with Crippen LogP contribution in [0.25, 0.3) is 0 Å². The predicted octanol–water partition coefficient (Wildman–Crippen LogP) is 0.702. The van der Waals surface area contributed by atoms with Crippen molar-refractivity contribution in [3.8, 4) is 0 Å². The third kappa shape index (κ3) is 2.99. The number of hydrogen-bond donors (Lipinski definition) is 1. The molecule has 0 bridgehead atoms. The van der Waals surface area contributed by atoms with Gasteiger partial charge >= 0.3 is 0 Å². The minimum Gasteiger partial charge on any atom is -0.396 e. The van der Waals surface area contributed by atoms with Crippen LogP contribution in [0, 0.1) is 5.92 Å². The molecule has 17 heavy (non-hydrogen) atoms. The normalized spacial score (nSPS) is 31.2. The van der Waals surface area contributed by atoms with E-state index in [2.05, 4.69) is 11.8 Å². The molecule has 98 valence electrons. The Kier molecular flexibility index (Phi) is 4.40. The molecule has 2 saturated heterocycles. The number of piperidine rings is 1. The van der Waals surface area contributed by atoms with Crippen molar-refractivity contribution in [3.63, 3.8) is 0 Å². The Bertz CT molecular complexity index is 268. The number of aliphatic hydroxyl groups is 1. The molecule has 1 N–H and O–H groups in total. The van der Waals surface area contributed by atoms with Crippen LogP contribution in [0.4, 0.5) is 0 Å². The van der Waals surface area contributed by atoms with Crippen molar-refractivity contribution in [2.24, 2.45) is 5.92 Å². The van der Waals surface area contributed by atoms with Gasteiger partial charge < -0.3 is 14.9 Å². The molecule has 2 aliphatic rings. The van der Waals surface area contributed by atoms with E-state index in [1.807, 2.05) is 4.90 Å². The summed E-state index contributed by atoms with van der Waals surface area (Å²) in [4.78, 5) is 16.4. The first-order valence-corrected chi connectivity index (χ1v) is 6.87. The van der Waals surface area contributed by atoms with Gasteiger partial charge in [-0.05, 0) is 32.4 Å². The topological polar surface area (TPSA) is 43.8 Å². The van der Waals surface area contributed by atoms with Gasteiger partial charge in [0.1, 0.15) is 0 Å². The monoisotopic (exact) mass is 240 g/mol. The van der Waals surface area contributed by atoms with Crippen LogP contribution in [0.1, 0.15) is 32.6 Å². The van der Waals surface area contributed by atoms with Crippen molar-refractivity contribution in [2.45, 2.75) is 38.6 Å². The highest BCUT2D eigenvalue weighted by molar-refractivity contribution is 5.79. The summed E-state index contributed by atoms with van der Waals surface area (Å²) in [6.45, 7) is 6.45. The minimum atomic E-state index is 0.146. The number of rotatable bonds is 4. The summed E-state index contributed by atoms with van der Waals surface area (Å²) in [6.07, 6.45) is 4.04. The van der Waals surface area contributed by atoms with Gasteiger partial charge in [-0.15, -0.1) is 0 Å². The first kappa shape index (κ1) is 12.8. The zero-order valence-corrected chi connectivity index (χ0v) is 10.8. The van der Waals surface area contributed by atoms with Crippen LogP contribution in [0.3, 0.4) is 0 Å². The van der Waals surface area contributed by atoms with Gasteiger partial charge in [0.2, 0.25) is 5.91 Å². The SMILES string of the molecule is CCCN1CCCC(N2CC(CO)CC2=O)C1. The first-order valence-electron chi connectivity index (χ1n) is 6.87. The first-order chi connectivity index (χ1) is 8.24. The minimum absolute atomic E-state index is 0.146. The highest BCUT2D eigenvalue weighted by Crippen LogP contribution is 2.24. The summed E-state index contributed by atoms with van der Waals surface area (Å²) in [7, 11) is 0. The van der Waals surface area contributed by atoms with Gasteiger partial charge in [-0.2, -0.15) is 0 Å². The standard InChI is InChI=1S/C13H24N2O2/c1-2-5-14-6-3-4-12(9-14)15-8-11(10-16)7-13(15)17/h11-12,16H,2-10H2,1H3. The van der Waals surface area contributed by atoms with Crippen LogP contribution in [-0.2, 0) is 4.79 Å². The molecule has 0 aliphatic carbocycles. The Morgan fingerprint density at radius 1 is 1.41 bits per heavy atom. The Morgan fingerprint density at radius 2 is 2.24 bits per heavy atom. The summed E-state index contributed by atoms with van der Waals surface area (Å²) in [6, 6.07) is 0.388. The van der Waals surface area contributed by atoms with Crippen LogP contribution in [0.5, 0.6) is 0 Å². The molecule has 4 nitrogen and oxygen atoms in total. The van der Waals surface area contributed by atoms with Gasteiger partial charge in [0, 0.05) is 38.1 Å². The quantitative estimate of drug-likeness (QED) is 0.787. The molecule has 2 rings (SSSR count). The van der Waals surface area contributed by atoms with Gasteiger partial charge in [0.15, 0.2) is 0 Å². The fraction of sp³-hybridized carbons (Fsp3) is 0.923. The van der Waals surface area contributed by atoms with Gasteiger partial charge in [-0.3, -0.25) is 4.79 Å². The molecule has 0 saturated carbocycles. The van der Waals surface area contributed by atoms with E-state index in [1.165, 1.54) is 19.4 Å². The number of carbonyl (C=O) groups excluding carboxylic acids is 1. The largest absolute Gasteiger partial charge is 0.396 e. The average molecular weight is 240 g/mol. The molecular weight excluding hydrogens is 216 g/mol. The van der Waals surface area contributed by atoms with Crippen molar-refractivity contribution in [1.29, 1.82) is 0 Å². The molecule has 0 aromatic carbocycles. The van der Waals surface area contributed by atoms with E-state index in [1.54, 1.807) is 0 Å². The molecule has 0 aromatic heterocycles. The van der Waals surface area contributed by atoms with Gasteiger partial charge in [-0.1, -0.05) is 6.92 Å². The lowest BCUT2D eigenvalue weighted by atomic mass is 10.0. The maximum atomic E-state index is 11.9. The van der Waals surface area contributed by atoms with Crippen LogP contribution < -0.4 is 0 Å². The van der Waals surface area contributed by atoms with E-state index < -0.39 is 0 Å². The van der Waals surface area contributed by atoms with Crippen molar-refractivity contribution in [2.75, 3.05) is 32.8 Å². The molecule has 2 fully saturated rings. The fourth-order valence-electron chi connectivity index (χ4n) is 3.09. The van der Waals surface area contributed by atoms with E-state index in [0.717, 1.165) is 26.1 Å². The zero-order chi connectivity index (χ0) is 12.3. The second-order valence-electron chi connectivity index (χ2n) is 5.40. The van der Waals surface area contributed by atoms with Crippen molar-refractivity contribution in [3.05, 3.63) is 0 Å². The van der Waals surface area contributed by atoms with E-state index in [0.29, 0.717) is 12.5 Å². The Balaban J connectivity index is 1.91. The Hall–Kier alpha value is -0.610. The van der Waals surface area contributed by atoms with E-state index in [9.17, 15) is 4.79 Å². The molecule has 2 heterocycles. The number of hydrogen-bond acceptors (Lipinski definition) is 3. The van der Waals surface area contributed by atoms with E-state index in [4.69, 9.17) is 5.11 Å². The molecule has 2 atom stereocenters. The number of likely N-dealkylation sites (tertiary alicyclic amines) is 2. The van der Waals surface area contributed by atoms with Crippen molar-refractivity contribution in [1.82, 2.24) is 9.80 Å². The molecule has 2 aliphatic heterocycles. The molecule has 4 heteroatoms. The number of aliphatic hydroxyl groups excluding tert-OH is 1. The van der Waals surface area contributed by atoms with Crippen LogP contribution in [0.2, 0.25) is 0 Å². The smallest absolute Gasteiger partial charge is 0.223 e. The lowest BCUT2D eigenvalue weighted by molar-refractivity contribution is -0.130. The molecule has 0 aromatic rings. The lowest BCUT2D eigenvalue weighted by Crippen LogP contribution is -2.48. The maximum Gasteiger partial charge on any atom is 0.223 e. The van der Waals surface area contributed by atoms with E-state index >= 15 is 0 Å². The Morgan fingerprint density at radius 3 is 2.88 bits per heavy atom. The van der Waals surface area contributed by atoms with Gasteiger partial charge in [0.25, 0.3) is 0 Å². The predicted molar refractivity (Wildman–Crippen MR) is 66.7 cm³/mol. The fourth-order valence-corrected chi connectivity index (χ4v) is 3.09. The molecule has 2 unspecified atom stereocenters. The molecular formula is C13H24N2O2. The van der Waals surface area contributed by atoms with Crippen LogP contribution >= 0.6 is 0 Å². The summed E-state index contributed by atoms with van der Waals surface area (Å²) in [5.74, 6) is 0.413. The second kappa shape index (κ2) is 5.83. The molecule has 1 amide bonds. The van der Waals surface area contributed by atoms with Crippen molar-refractivity contribution >= 4 is 5.91 Å². The van der Waals surface area contributed by atoms with E-state index in [-0.39, 0.29) is 18.4 Å². The van der Waals surface area contributed by atoms with Gasteiger partial charge in [0.05, 0.1) is 0 Å². The summed E-state index contributed by atoms with van der Waals surface area (Å²) in [5, 5.41) is 9.15. The van der Waals surface area contributed by atoms with Crippen LogP contribution in [0.15, 0.2) is 0 Å². The molecule has 0 radical (unpaired) electrons. The summed E-state index contributed by atoms with van der Waals surface area (Å²) >= 11 is 0. The number of carbonyl (C=O) groups is 1. The highest BCUT2D eigenvalue weighted by atomic mass is 16.3. The summed E-state index contributed by atoms with van der Waals surface area (Å²) < 4.78 is 0. The third-order valence-electron chi connectivity index (χ3n) is 3.96. The highest BCUT2D eigenvalue weighted by Gasteiger charge is 2.35. The third-order valence-corrected chi connectivity index (χ3v) is 3.96. The number of nitrogens with zero attached hydrogens (tertiary/aromatic N) is 2.